The molecular weight excluding hydrogens is 300 g/mol. The van der Waals surface area contributed by atoms with Crippen molar-refractivity contribution in [3.8, 4) is 0 Å². The second-order valence-electron chi connectivity index (χ2n) is 5.87. The highest BCUT2D eigenvalue weighted by Crippen LogP contribution is 2.40. The minimum absolute atomic E-state index is 0.0386. The summed E-state index contributed by atoms with van der Waals surface area (Å²) >= 11 is 0. The summed E-state index contributed by atoms with van der Waals surface area (Å²) in [5, 5.41) is 13.4. The molecule has 1 aliphatic rings. The maximum atomic E-state index is 12.4. The van der Waals surface area contributed by atoms with Crippen molar-refractivity contribution in [1.82, 2.24) is 10.1 Å². The van der Waals surface area contributed by atoms with Crippen molar-refractivity contribution in [2.75, 3.05) is 0 Å². The van der Waals surface area contributed by atoms with Gasteiger partial charge in [0.2, 0.25) is 5.91 Å². The first-order chi connectivity index (χ1) is 10.9. The van der Waals surface area contributed by atoms with E-state index in [9.17, 15) is 14.7 Å². The number of carbonyl (C=O) groups is 2. The van der Waals surface area contributed by atoms with Crippen LogP contribution in [0.15, 0.2) is 21.1 Å². The number of aromatic nitrogens is 1. The third-order valence-corrected chi connectivity index (χ3v) is 4.31. The lowest BCUT2D eigenvalue weighted by atomic mass is 9.98. The molecule has 0 saturated carbocycles. The predicted molar refractivity (Wildman–Crippen MR) is 78.5 cm³/mol. The molecule has 0 bridgehead atoms. The molecular formula is C16H18N2O5. The number of nitrogens with zero attached hydrogens (tertiary/aromatic N) is 2. The van der Waals surface area contributed by atoms with Crippen LogP contribution in [-0.2, 0) is 16.1 Å². The molecule has 122 valence electrons. The van der Waals surface area contributed by atoms with E-state index in [1.54, 1.807) is 37.8 Å². The normalized spacial score (nSPS) is 21.2. The van der Waals surface area contributed by atoms with Gasteiger partial charge in [0.1, 0.15) is 23.3 Å². The Morgan fingerprint density at radius 3 is 2.65 bits per heavy atom. The fourth-order valence-corrected chi connectivity index (χ4v) is 3.06. The minimum atomic E-state index is -1.00. The molecule has 1 N–H and O–H groups in total. The largest absolute Gasteiger partial charge is 0.481 e. The van der Waals surface area contributed by atoms with E-state index in [1.165, 1.54) is 0 Å². The van der Waals surface area contributed by atoms with Gasteiger partial charge in [-0.1, -0.05) is 5.16 Å². The van der Waals surface area contributed by atoms with Gasteiger partial charge in [-0.3, -0.25) is 9.59 Å². The van der Waals surface area contributed by atoms with Gasteiger partial charge < -0.3 is 18.9 Å². The molecule has 2 atom stereocenters. The van der Waals surface area contributed by atoms with E-state index in [1.807, 2.05) is 0 Å². The van der Waals surface area contributed by atoms with Gasteiger partial charge >= 0.3 is 5.97 Å². The zero-order chi connectivity index (χ0) is 16.7. The van der Waals surface area contributed by atoms with Gasteiger partial charge in [-0.25, -0.2) is 0 Å². The van der Waals surface area contributed by atoms with Crippen LogP contribution in [0.5, 0.6) is 0 Å². The van der Waals surface area contributed by atoms with E-state index in [0.29, 0.717) is 23.0 Å². The van der Waals surface area contributed by atoms with Crippen LogP contribution in [-0.4, -0.2) is 27.0 Å². The molecule has 1 fully saturated rings. The number of aliphatic carboxylic acids is 1. The number of furan rings is 1. The van der Waals surface area contributed by atoms with Crippen LogP contribution in [0.3, 0.4) is 0 Å². The maximum Gasteiger partial charge on any atom is 0.309 e. The quantitative estimate of drug-likeness (QED) is 0.929. The second-order valence-corrected chi connectivity index (χ2v) is 5.87. The summed E-state index contributed by atoms with van der Waals surface area (Å²) in [6, 6.07) is 2.88. The Kier molecular flexibility index (Phi) is 3.71. The van der Waals surface area contributed by atoms with Crippen LogP contribution < -0.4 is 0 Å². The van der Waals surface area contributed by atoms with E-state index in [4.69, 9.17) is 8.94 Å². The number of hydrogen-bond acceptors (Lipinski definition) is 5. The monoisotopic (exact) mass is 318 g/mol. The zero-order valence-corrected chi connectivity index (χ0v) is 13.2. The average molecular weight is 318 g/mol. The zero-order valence-electron chi connectivity index (χ0n) is 13.2. The van der Waals surface area contributed by atoms with Crippen molar-refractivity contribution < 1.29 is 23.6 Å². The van der Waals surface area contributed by atoms with Crippen molar-refractivity contribution in [2.24, 2.45) is 5.92 Å². The topological polar surface area (TPSA) is 96.8 Å². The maximum absolute atomic E-state index is 12.4. The van der Waals surface area contributed by atoms with Crippen LogP contribution in [0.4, 0.5) is 0 Å². The lowest BCUT2D eigenvalue weighted by molar-refractivity contribution is -0.143. The fourth-order valence-electron chi connectivity index (χ4n) is 3.06. The molecule has 3 rings (SSSR count). The molecule has 0 aliphatic carbocycles. The van der Waals surface area contributed by atoms with Crippen LogP contribution >= 0.6 is 0 Å². The highest BCUT2D eigenvalue weighted by atomic mass is 16.5. The van der Waals surface area contributed by atoms with Crippen molar-refractivity contribution >= 4 is 11.9 Å². The molecule has 1 amide bonds. The summed E-state index contributed by atoms with van der Waals surface area (Å²) < 4.78 is 10.7. The molecule has 7 nitrogen and oxygen atoms in total. The summed E-state index contributed by atoms with van der Waals surface area (Å²) in [5.41, 5.74) is 1.50. The molecule has 7 heteroatoms. The first kappa shape index (κ1) is 15.3. The van der Waals surface area contributed by atoms with Crippen LogP contribution in [0, 0.1) is 26.7 Å². The third-order valence-electron chi connectivity index (χ3n) is 4.31. The summed E-state index contributed by atoms with van der Waals surface area (Å²) in [5.74, 6) is -0.236. The number of rotatable bonds is 4. The highest BCUT2D eigenvalue weighted by Gasteiger charge is 2.46. The van der Waals surface area contributed by atoms with E-state index < -0.39 is 17.9 Å². The third kappa shape index (κ3) is 2.62. The first-order valence-corrected chi connectivity index (χ1v) is 7.39. The second kappa shape index (κ2) is 5.57. The molecule has 2 aromatic rings. The Hall–Kier alpha value is -2.57. The number of carboxylic acid groups (broad SMARTS) is 1. The SMILES string of the molecule is Cc1ccc([C@@H]2[C@@H](C(=O)O)CC(=O)N2Cc2c(C)noc2C)o1. The first-order valence-electron chi connectivity index (χ1n) is 7.39. The molecule has 3 heterocycles. The Morgan fingerprint density at radius 2 is 2.13 bits per heavy atom. The molecule has 0 radical (unpaired) electrons. The number of likely N-dealkylation sites (tertiary alicyclic amines) is 1. The van der Waals surface area contributed by atoms with Crippen LogP contribution in [0.25, 0.3) is 0 Å². The summed E-state index contributed by atoms with van der Waals surface area (Å²) in [6.07, 6.45) is -0.0386. The molecule has 1 aliphatic heterocycles. The number of carboxylic acids is 1. The Morgan fingerprint density at radius 1 is 1.39 bits per heavy atom. The number of hydrogen-bond donors (Lipinski definition) is 1. The van der Waals surface area contributed by atoms with Crippen molar-refractivity contribution in [2.45, 2.75) is 39.8 Å². The van der Waals surface area contributed by atoms with E-state index in [-0.39, 0.29) is 18.9 Å². The Bertz CT molecular complexity index is 741. The molecule has 0 unspecified atom stereocenters. The number of amides is 1. The lowest BCUT2D eigenvalue weighted by Gasteiger charge is -2.25. The van der Waals surface area contributed by atoms with Gasteiger partial charge in [0.25, 0.3) is 0 Å². The summed E-state index contributed by atoms with van der Waals surface area (Å²) in [7, 11) is 0. The standard InChI is InChI=1S/C16H18N2O5/c1-8-4-5-13(22-8)15-11(16(20)21)6-14(19)18(15)7-12-9(2)17-23-10(12)3/h4-5,11,15H,6-7H2,1-3H3,(H,20,21)/t11-,15-/m0/s1. The van der Waals surface area contributed by atoms with E-state index in [2.05, 4.69) is 5.16 Å². The predicted octanol–water partition coefficient (Wildman–Crippen LogP) is 2.37. The smallest absolute Gasteiger partial charge is 0.309 e. The lowest BCUT2D eigenvalue weighted by Crippen LogP contribution is -2.30. The van der Waals surface area contributed by atoms with Crippen molar-refractivity contribution in [3.05, 3.63) is 40.7 Å². The molecule has 23 heavy (non-hydrogen) atoms. The van der Waals surface area contributed by atoms with E-state index in [0.717, 1.165) is 5.56 Å². The van der Waals surface area contributed by atoms with Crippen LogP contribution in [0.2, 0.25) is 0 Å². The molecule has 1 saturated heterocycles. The minimum Gasteiger partial charge on any atom is -0.481 e. The van der Waals surface area contributed by atoms with Gasteiger partial charge in [-0.05, 0) is 32.9 Å². The van der Waals surface area contributed by atoms with Gasteiger partial charge in [-0.2, -0.15) is 0 Å². The van der Waals surface area contributed by atoms with Gasteiger partial charge in [0, 0.05) is 12.0 Å². The fraction of sp³-hybridized carbons (Fsp3) is 0.438. The number of carbonyl (C=O) groups excluding carboxylic acids is 1. The van der Waals surface area contributed by atoms with Crippen LogP contribution in [0.1, 0.15) is 41.0 Å². The summed E-state index contributed by atoms with van der Waals surface area (Å²) in [4.78, 5) is 25.5. The van der Waals surface area contributed by atoms with Gasteiger partial charge in [0.15, 0.2) is 0 Å². The Labute approximate surface area is 132 Å². The van der Waals surface area contributed by atoms with E-state index >= 15 is 0 Å². The molecule has 2 aromatic heterocycles. The highest BCUT2D eigenvalue weighted by molar-refractivity contribution is 5.87. The average Bonchev–Trinajstić information content (AvgIpc) is 3.13. The van der Waals surface area contributed by atoms with Crippen molar-refractivity contribution in [3.63, 3.8) is 0 Å². The molecule has 0 spiro atoms. The van der Waals surface area contributed by atoms with Gasteiger partial charge in [0.05, 0.1) is 18.2 Å². The number of aryl methyl sites for hydroxylation is 3. The Balaban J connectivity index is 1.98. The summed E-state index contributed by atoms with van der Waals surface area (Å²) in [6.45, 7) is 5.62. The van der Waals surface area contributed by atoms with Crippen molar-refractivity contribution in [1.29, 1.82) is 0 Å². The molecule has 0 aromatic carbocycles. The van der Waals surface area contributed by atoms with Gasteiger partial charge in [-0.15, -0.1) is 0 Å².